The van der Waals surface area contributed by atoms with Crippen molar-refractivity contribution < 1.29 is 24.2 Å². The summed E-state index contributed by atoms with van der Waals surface area (Å²) in [5, 5.41) is 22.1. The molecule has 1 heterocycles. The van der Waals surface area contributed by atoms with E-state index >= 15 is 0 Å². The van der Waals surface area contributed by atoms with Crippen molar-refractivity contribution >= 4 is 18.0 Å². The van der Waals surface area contributed by atoms with Gasteiger partial charge in [0, 0.05) is 5.92 Å². The topological polar surface area (TPSA) is 135 Å². The van der Waals surface area contributed by atoms with Crippen LogP contribution in [0.1, 0.15) is 35.6 Å². The molecule has 1 aromatic heterocycles. The molecule has 2 amide bonds. The minimum absolute atomic E-state index is 0.0295. The van der Waals surface area contributed by atoms with Gasteiger partial charge < -0.3 is 20.5 Å². The lowest BCUT2D eigenvalue weighted by Gasteiger charge is -2.14. The summed E-state index contributed by atoms with van der Waals surface area (Å²) in [7, 11) is 0. The fourth-order valence-corrected chi connectivity index (χ4v) is 4.28. The van der Waals surface area contributed by atoms with Crippen LogP contribution < -0.4 is 10.6 Å². The van der Waals surface area contributed by atoms with Crippen molar-refractivity contribution in [3.05, 3.63) is 71.5 Å². The molecule has 0 unspecified atom stereocenters. The van der Waals surface area contributed by atoms with E-state index in [0.29, 0.717) is 18.5 Å². The van der Waals surface area contributed by atoms with Crippen LogP contribution in [0.5, 0.6) is 0 Å². The molecule has 3 aromatic rings. The minimum atomic E-state index is -1.15. The summed E-state index contributed by atoms with van der Waals surface area (Å²) < 4.78 is 6.79. The number of carbonyl (C=O) groups is 3. The van der Waals surface area contributed by atoms with E-state index in [1.54, 1.807) is 0 Å². The molecule has 3 N–H and O–H groups in total. The van der Waals surface area contributed by atoms with E-state index in [0.717, 1.165) is 22.3 Å². The van der Waals surface area contributed by atoms with E-state index in [-0.39, 0.29) is 25.6 Å². The maximum atomic E-state index is 12.3. The number of fused-ring (bicyclic) bond motifs is 3. The van der Waals surface area contributed by atoms with Gasteiger partial charge in [-0.05, 0) is 35.1 Å². The lowest BCUT2D eigenvalue weighted by atomic mass is 9.98. The SMILES string of the molecule is O=C(Cn1cc(CNC(=O)OCC2c3ccccc3-c3ccccc32)nn1)NC1(C(=O)O)CC1. The fraction of sp³-hybridized carbons (Fsp3) is 0.292. The molecule has 2 aliphatic carbocycles. The Morgan fingerprint density at radius 1 is 1.06 bits per heavy atom. The van der Waals surface area contributed by atoms with Gasteiger partial charge in [-0.2, -0.15) is 0 Å². The molecule has 10 heteroatoms. The zero-order valence-electron chi connectivity index (χ0n) is 18.2. The number of alkyl carbamates (subject to hydrolysis) is 1. The number of ether oxygens (including phenoxy) is 1. The van der Waals surface area contributed by atoms with Crippen molar-refractivity contribution in [3.63, 3.8) is 0 Å². The average molecular weight is 461 g/mol. The van der Waals surface area contributed by atoms with Crippen LogP contribution in [0.15, 0.2) is 54.7 Å². The van der Waals surface area contributed by atoms with Gasteiger partial charge in [0.05, 0.1) is 12.7 Å². The Balaban J connectivity index is 1.12. The summed E-state index contributed by atoms with van der Waals surface area (Å²) in [4.78, 5) is 35.6. The second-order valence-corrected chi connectivity index (χ2v) is 8.52. The summed E-state index contributed by atoms with van der Waals surface area (Å²) in [6, 6.07) is 16.2. The summed E-state index contributed by atoms with van der Waals surface area (Å²) in [5.41, 5.74) is 3.88. The van der Waals surface area contributed by atoms with Crippen LogP contribution in [0.3, 0.4) is 0 Å². The van der Waals surface area contributed by atoms with Crippen molar-refractivity contribution in [2.75, 3.05) is 6.61 Å². The second-order valence-electron chi connectivity index (χ2n) is 8.52. The van der Waals surface area contributed by atoms with E-state index in [2.05, 4.69) is 45.2 Å². The van der Waals surface area contributed by atoms with Crippen LogP contribution in [0.25, 0.3) is 11.1 Å². The number of amides is 2. The predicted molar refractivity (Wildman–Crippen MR) is 120 cm³/mol. The third-order valence-corrected chi connectivity index (χ3v) is 6.19. The quantitative estimate of drug-likeness (QED) is 0.467. The number of carbonyl (C=O) groups excluding carboxylic acids is 2. The van der Waals surface area contributed by atoms with Crippen molar-refractivity contribution in [1.82, 2.24) is 25.6 Å². The smallest absolute Gasteiger partial charge is 0.407 e. The molecule has 2 aliphatic rings. The standard InChI is InChI=1S/C24H23N5O5/c30-21(26-24(9-10-24)22(31)32)13-29-12-15(27-28-29)11-25-23(33)34-14-20-18-7-3-1-5-16(18)17-6-2-4-8-19(17)20/h1-8,12,20H,9-11,13-14H2,(H,25,33)(H,26,30)(H,31,32). The molecule has 0 radical (unpaired) electrons. The maximum Gasteiger partial charge on any atom is 0.407 e. The van der Waals surface area contributed by atoms with E-state index < -0.39 is 23.5 Å². The summed E-state index contributed by atoms with van der Waals surface area (Å²) >= 11 is 0. The number of carboxylic acid groups (broad SMARTS) is 1. The number of hydrogen-bond acceptors (Lipinski definition) is 6. The molecule has 5 rings (SSSR count). The van der Waals surface area contributed by atoms with Gasteiger partial charge in [0.15, 0.2) is 0 Å². The first-order chi connectivity index (χ1) is 16.4. The summed E-state index contributed by atoms with van der Waals surface area (Å²) in [6.45, 7) is 0.127. The van der Waals surface area contributed by atoms with Gasteiger partial charge in [0.2, 0.25) is 5.91 Å². The third-order valence-electron chi connectivity index (χ3n) is 6.19. The molecular weight excluding hydrogens is 438 g/mol. The predicted octanol–water partition coefficient (Wildman–Crippen LogP) is 2.05. The number of nitrogens with zero attached hydrogens (tertiary/aromatic N) is 3. The molecule has 0 saturated heterocycles. The second kappa shape index (κ2) is 8.62. The van der Waals surface area contributed by atoms with Gasteiger partial charge in [0.25, 0.3) is 0 Å². The van der Waals surface area contributed by atoms with Crippen LogP contribution in [0, 0.1) is 0 Å². The highest BCUT2D eigenvalue weighted by molar-refractivity contribution is 5.89. The average Bonchev–Trinajstić information content (AvgIpc) is 3.36. The van der Waals surface area contributed by atoms with Crippen LogP contribution in [0.4, 0.5) is 4.79 Å². The van der Waals surface area contributed by atoms with Crippen LogP contribution in [-0.4, -0.2) is 50.2 Å². The lowest BCUT2D eigenvalue weighted by molar-refractivity contribution is -0.143. The largest absolute Gasteiger partial charge is 0.480 e. The highest BCUT2D eigenvalue weighted by Crippen LogP contribution is 2.44. The highest BCUT2D eigenvalue weighted by Gasteiger charge is 2.51. The molecule has 0 spiro atoms. The molecule has 0 aliphatic heterocycles. The van der Waals surface area contributed by atoms with Crippen molar-refractivity contribution in [2.45, 2.75) is 37.4 Å². The molecular formula is C24H23N5O5. The molecule has 1 saturated carbocycles. The first-order valence-corrected chi connectivity index (χ1v) is 11.0. The Bertz CT molecular complexity index is 1220. The lowest BCUT2D eigenvalue weighted by Crippen LogP contribution is -2.44. The first-order valence-electron chi connectivity index (χ1n) is 11.0. The van der Waals surface area contributed by atoms with Gasteiger partial charge in [-0.3, -0.25) is 4.79 Å². The van der Waals surface area contributed by atoms with Crippen molar-refractivity contribution in [2.24, 2.45) is 0 Å². The van der Waals surface area contributed by atoms with E-state index in [1.807, 2.05) is 24.3 Å². The number of benzene rings is 2. The van der Waals surface area contributed by atoms with E-state index in [1.165, 1.54) is 10.9 Å². The van der Waals surface area contributed by atoms with Gasteiger partial charge in [-0.1, -0.05) is 53.7 Å². The highest BCUT2D eigenvalue weighted by atomic mass is 16.5. The van der Waals surface area contributed by atoms with Gasteiger partial charge in [0.1, 0.15) is 24.4 Å². The Labute approximate surface area is 194 Å². The number of carboxylic acids is 1. The Morgan fingerprint density at radius 2 is 1.71 bits per heavy atom. The Morgan fingerprint density at radius 3 is 2.32 bits per heavy atom. The number of aromatic nitrogens is 3. The van der Waals surface area contributed by atoms with Crippen molar-refractivity contribution in [3.8, 4) is 11.1 Å². The summed E-state index contributed by atoms with van der Waals surface area (Å²) in [5.74, 6) is -1.52. The van der Waals surface area contributed by atoms with Gasteiger partial charge in [-0.15, -0.1) is 5.10 Å². The zero-order valence-corrected chi connectivity index (χ0v) is 18.2. The Hall–Kier alpha value is -4.21. The third kappa shape index (κ3) is 4.21. The molecule has 34 heavy (non-hydrogen) atoms. The first kappa shape index (κ1) is 21.6. The number of aliphatic carboxylic acids is 1. The Kier molecular flexibility index (Phi) is 5.48. The number of rotatable bonds is 8. The van der Waals surface area contributed by atoms with Crippen LogP contribution in [-0.2, 0) is 27.4 Å². The van der Waals surface area contributed by atoms with Crippen LogP contribution >= 0.6 is 0 Å². The molecule has 2 aromatic carbocycles. The van der Waals surface area contributed by atoms with Crippen molar-refractivity contribution in [1.29, 1.82) is 0 Å². The van der Waals surface area contributed by atoms with Gasteiger partial charge in [-0.25, -0.2) is 14.3 Å². The fourth-order valence-electron chi connectivity index (χ4n) is 4.28. The van der Waals surface area contributed by atoms with Crippen LogP contribution in [0.2, 0.25) is 0 Å². The molecule has 1 fully saturated rings. The van der Waals surface area contributed by atoms with Gasteiger partial charge >= 0.3 is 12.1 Å². The molecule has 0 bridgehead atoms. The monoisotopic (exact) mass is 461 g/mol. The summed E-state index contributed by atoms with van der Waals surface area (Å²) in [6.07, 6.45) is 1.77. The normalized spacial score (nSPS) is 15.2. The zero-order chi connectivity index (χ0) is 23.7. The van der Waals surface area contributed by atoms with E-state index in [9.17, 15) is 14.4 Å². The van der Waals surface area contributed by atoms with E-state index in [4.69, 9.17) is 9.84 Å². The maximum absolute atomic E-state index is 12.3. The molecule has 0 atom stereocenters. The number of hydrogen-bond donors (Lipinski definition) is 3. The minimum Gasteiger partial charge on any atom is -0.480 e. The molecule has 10 nitrogen and oxygen atoms in total. The number of nitrogens with one attached hydrogen (secondary N) is 2. The molecule has 174 valence electrons.